The summed E-state index contributed by atoms with van der Waals surface area (Å²) in [6.07, 6.45) is 2.14. The maximum absolute atomic E-state index is 4.66. The lowest BCUT2D eigenvalue weighted by Gasteiger charge is -2.00. The van der Waals surface area contributed by atoms with Gasteiger partial charge in [-0.3, -0.25) is 4.40 Å². The Morgan fingerprint density at radius 3 is 2.62 bits per heavy atom. The molecule has 2 heteroatoms. The number of hydrogen-bond acceptors (Lipinski definition) is 1. The molecule has 1 aromatic carbocycles. The molecule has 3 aromatic rings. The number of benzene rings is 1. The van der Waals surface area contributed by atoms with E-state index in [1.54, 1.807) is 0 Å². The second kappa shape index (κ2) is 3.08. The van der Waals surface area contributed by atoms with Crippen molar-refractivity contribution >= 4 is 16.7 Å². The molecular formula is C14H14N2. The molecule has 0 saturated heterocycles. The van der Waals surface area contributed by atoms with Gasteiger partial charge >= 0.3 is 0 Å². The quantitative estimate of drug-likeness (QED) is 0.555. The highest BCUT2D eigenvalue weighted by Gasteiger charge is 2.06. The summed E-state index contributed by atoms with van der Waals surface area (Å²) in [4.78, 5) is 4.66. The fourth-order valence-corrected chi connectivity index (χ4v) is 2.26. The van der Waals surface area contributed by atoms with Gasteiger partial charge in [0.25, 0.3) is 0 Å². The summed E-state index contributed by atoms with van der Waals surface area (Å²) in [5, 5.41) is 0. The highest BCUT2D eigenvalue weighted by atomic mass is 15.0. The van der Waals surface area contributed by atoms with Crippen LogP contribution in [-0.2, 0) is 0 Å². The van der Waals surface area contributed by atoms with Gasteiger partial charge < -0.3 is 0 Å². The average Bonchev–Trinajstić information content (AvgIpc) is 2.57. The standard InChI is InChI=1S/C14H14N2/c1-9-4-5-13-15-14-11(3)6-10(2)7-12(14)16(13)8-9/h4-8H,1-3H3. The molecule has 0 aliphatic rings. The van der Waals surface area contributed by atoms with Crippen LogP contribution in [0.3, 0.4) is 0 Å². The third-order valence-corrected chi connectivity index (χ3v) is 2.99. The number of pyridine rings is 1. The van der Waals surface area contributed by atoms with Gasteiger partial charge in [-0.15, -0.1) is 0 Å². The molecule has 0 N–H and O–H groups in total. The predicted molar refractivity (Wildman–Crippen MR) is 66.9 cm³/mol. The van der Waals surface area contributed by atoms with Crippen molar-refractivity contribution in [2.75, 3.05) is 0 Å². The van der Waals surface area contributed by atoms with Gasteiger partial charge in [0.1, 0.15) is 5.65 Å². The maximum Gasteiger partial charge on any atom is 0.137 e. The molecule has 0 atom stereocenters. The Hall–Kier alpha value is -1.83. The van der Waals surface area contributed by atoms with E-state index in [4.69, 9.17) is 0 Å². The summed E-state index contributed by atoms with van der Waals surface area (Å²) in [6.45, 7) is 6.35. The molecule has 0 radical (unpaired) electrons. The van der Waals surface area contributed by atoms with Crippen LogP contribution in [0.25, 0.3) is 16.7 Å². The molecule has 2 aromatic heterocycles. The van der Waals surface area contributed by atoms with Gasteiger partial charge in [-0.05, 0) is 49.6 Å². The van der Waals surface area contributed by atoms with Crippen molar-refractivity contribution < 1.29 is 0 Å². The molecular weight excluding hydrogens is 196 g/mol. The van der Waals surface area contributed by atoms with Crippen LogP contribution >= 0.6 is 0 Å². The number of nitrogens with zero attached hydrogens (tertiary/aromatic N) is 2. The van der Waals surface area contributed by atoms with E-state index < -0.39 is 0 Å². The lowest BCUT2D eigenvalue weighted by atomic mass is 10.1. The third-order valence-electron chi connectivity index (χ3n) is 2.99. The van der Waals surface area contributed by atoms with Crippen LogP contribution in [0.5, 0.6) is 0 Å². The fraction of sp³-hybridized carbons (Fsp3) is 0.214. The monoisotopic (exact) mass is 210 g/mol. The molecule has 0 spiro atoms. The minimum atomic E-state index is 1.02. The smallest absolute Gasteiger partial charge is 0.137 e. The number of imidazole rings is 1. The van der Waals surface area contributed by atoms with Crippen molar-refractivity contribution in [3.63, 3.8) is 0 Å². The zero-order valence-electron chi connectivity index (χ0n) is 9.78. The number of hydrogen-bond donors (Lipinski definition) is 0. The first-order valence-electron chi connectivity index (χ1n) is 5.51. The zero-order valence-corrected chi connectivity index (χ0v) is 9.78. The van der Waals surface area contributed by atoms with E-state index in [1.165, 1.54) is 22.2 Å². The van der Waals surface area contributed by atoms with Gasteiger partial charge in [0.15, 0.2) is 0 Å². The molecule has 2 nitrogen and oxygen atoms in total. The van der Waals surface area contributed by atoms with E-state index in [-0.39, 0.29) is 0 Å². The summed E-state index contributed by atoms with van der Waals surface area (Å²) in [5.74, 6) is 0. The minimum Gasteiger partial charge on any atom is -0.299 e. The summed E-state index contributed by atoms with van der Waals surface area (Å²) in [7, 11) is 0. The van der Waals surface area contributed by atoms with Crippen molar-refractivity contribution in [1.29, 1.82) is 0 Å². The Balaban J connectivity index is 2.57. The third kappa shape index (κ3) is 1.23. The zero-order chi connectivity index (χ0) is 11.3. The van der Waals surface area contributed by atoms with E-state index in [0.717, 1.165) is 11.2 Å². The second-order valence-electron chi connectivity index (χ2n) is 4.50. The van der Waals surface area contributed by atoms with Crippen LogP contribution < -0.4 is 0 Å². The van der Waals surface area contributed by atoms with Gasteiger partial charge in [0.2, 0.25) is 0 Å². The molecule has 3 rings (SSSR count). The largest absolute Gasteiger partial charge is 0.299 e. The van der Waals surface area contributed by atoms with Crippen LogP contribution in [0.4, 0.5) is 0 Å². The highest BCUT2D eigenvalue weighted by molar-refractivity contribution is 5.84. The first kappa shape index (κ1) is 9.40. The lowest BCUT2D eigenvalue weighted by Crippen LogP contribution is -1.86. The van der Waals surface area contributed by atoms with Gasteiger partial charge in [0.05, 0.1) is 11.0 Å². The molecule has 80 valence electrons. The Kier molecular flexibility index (Phi) is 1.81. The summed E-state index contributed by atoms with van der Waals surface area (Å²) < 4.78 is 2.17. The first-order chi connectivity index (χ1) is 7.65. The normalized spacial score (nSPS) is 11.4. The van der Waals surface area contributed by atoms with Crippen molar-refractivity contribution in [2.45, 2.75) is 20.8 Å². The Morgan fingerprint density at radius 1 is 1.00 bits per heavy atom. The van der Waals surface area contributed by atoms with E-state index in [9.17, 15) is 0 Å². The van der Waals surface area contributed by atoms with Crippen molar-refractivity contribution in [2.24, 2.45) is 0 Å². The van der Waals surface area contributed by atoms with Gasteiger partial charge in [-0.1, -0.05) is 12.1 Å². The Bertz CT molecular complexity index is 693. The average molecular weight is 210 g/mol. The SMILES string of the molecule is Cc1cc(C)c2nc3ccc(C)cn3c2c1. The highest BCUT2D eigenvalue weighted by Crippen LogP contribution is 2.22. The Morgan fingerprint density at radius 2 is 1.81 bits per heavy atom. The molecule has 0 amide bonds. The predicted octanol–water partition coefficient (Wildman–Crippen LogP) is 3.41. The molecule has 0 saturated carbocycles. The van der Waals surface area contributed by atoms with Crippen LogP contribution in [-0.4, -0.2) is 9.38 Å². The lowest BCUT2D eigenvalue weighted by molar-refractivity contribution is 1.19. The summed E-state index contributed by atoms with van der Waals surface area (Å²) in [5.41, 5.74) is 7.12. The first-order valence-corrected chi connectivity index (χ1v) is 5.51. The van der Waals surface area contributed by atoms with Gasteiger partial charge in [-0.2, -0.15) is 0 Å². The summed E-state index contributed by atoms with van der Waals surface area (Å²) >= 11 is 0. The van der Waals surface area contributed by atoms with Crippen molar-refractivity contribution in [1.82, 2.24) is 9.38 Å². The topological polar surface area (TPSA) is 17.3 Å². The van der Waals surface area contributed by atoms with Gasteiger partial charge in [-0.25, -0.2) is 4.98 Å². The van der Waals surface area contributed by atoms with Crippen LogP contribution in [0, 0.1) is 20.8 Å². The molecule has 0 aliphatic heterocycles. The molecule has 16 heavy (non-hydrogen) atoms. The number of fused-ring (bicyclic) bond motifs is 3. The Labute approximate surface area is 94.5 Å². The molecule has 0 bridgehead atoms. The van der Waals surface area contributed by atoms with Gasteiger partial charge in [0, 0.05) is 6.20 Å². The number of rotatable bonds is 0. The number of aromatic nitrogens is 2. The summed E-state index contributed by atoms with van der Waals surface area (Å²) in [6, 6.07) is 8.55. The van der Waals surface area contributed by atoms with Crippen molar-refractivity contribution in [3.8, 4) is 0 Å². The molecule has 0 unspecified atom stereocenters. The van der Waals surface area contributed by atoms with Crippen LogP contribution in [0.1, 0.15) is 16.7 Å². The van der Waals surface area contributed by atoms with E-state index in [1.807, 2.05) is 0 Å². The van der Waals surface area contributed by atoms with Crippen LogP contribution in [0.2, 0.25) is 0 Å². The van der Waals surface area contributed by atoms with E-state index >= 15 is 0 Å². The molecule has 0 fully saturated rings. The molecule has 0 aliphatic carbocycles. The van der Waals surface area contributed by atoms with Crippen LogP contribution in [0.15, 0.2) is 30.5 Å². The van der Waals surface area contributed by atoms with E-state index in [0.29, 0.717) is 0 Å². The fourth-order valence-electron chi connectivity index (χ4n) is 2.26. The molecule has 2 heterocycles. The van der Waals surface area contributed by atoms with E-state index in [2.05, 4.69) is 60.6 Å². The maximum atomic E-state index is 4.66. The second-order valence-corrected chi connectivity index (χ2v) is 4.50. The van der Waals surface area contributed by atoms with Crippen molar-refractivity contribution in [3.05, 3.63) is 47.2 Å². The minimum absolute atomic E-state index is 1.02. The number of aryl methyl sites for hydroxylation is 3.